The molecule has 0 saturated heterocycles. The maximum atomic E-state index is 12.1. The number of hydrogen-bond donors (Lipinski definition) is 1. The number of carbonyl (C=O) groups excluding carboxylic acids is 1. The molecule has 21 heavy (non-hydrogen) atoms. The largest absolute Gasteiger partial charge is 0.468 e. The number of methoxy groups -OCH3 is 1. The minimum atomic E-state index is -0.542. The van der Waals surface area contributed by atoms with E-state index >= 15 is 0 Å². The summed E-state index contributed by atoms with van der Waals surface area (Å²) in [6.07, 6.45) is 2.52. The zero-order valence-corrected chi connectivity index (χ0v) is 13.9. The molecular formula is C15H23N3O2S. The number of likely N-dealkylation sites (N-methyl/N-ethyl adjacent to an activating group) is 1. The molecule has 1 aliphatic rings. The minimum Gasteiger partial charge on any atom is -0.468 e. The lowest BCUT2D eigenvalue weighted by Crippen LogP contribution is -2.50. The Labute approximate surface area is 130 Å². The lowest BCUT2D eigenvalue weighted by atomic mass is 9.98. The Morgan fingerprint density at radius 3 is 2.71 bits per heavy atom. The van der Waals surface area contributed by atoms with E-state index in [-0.39, 0.29) is 5.97 Å². The van der Waals surface area contributed by atoms with Gasteiger partial charge < -0.3 is 10.1 Å². The Hall–Kier alpha value is -1.14. The molecule has 0 amide bonds. The maximum Gasteiger partial charge on any atom is 0.326 e. The molecule has 0 bridgehead atoms. The van der Waals surface area contributed by atoms with E-state index in [2.05, 4.69) is 15.3 Å². The van der Waals surface area contributed by atoms with E-state index in [9.17, 15) is 4.79 Å². The first-order valence-corrected chi connectivity index (χ1v) is 8.19. The van der Waals surface area contributed by atoms with Gasteiger partial charge in [0.15, 0.2) is 5.16 Å². The van der Waals surface area contributed by atoms with Gasteiger partial charge in [-0.25, -0.2) is 9.97 Å². The number of carbonyl (C=O) groups is 1. The Bertz CT molecular complexity index is 503. The lowest BCUT2D eigenvalue weighted by Gasteiger charge is -2.27. The fraction of sp³-hybridized carbons (Fsp3) is 0.667. The minimum absolute atomic E-state index is 0.159. The van der Waals surface area contributed by atoms with Crippen molar-refractivity contribution in [1.82, 2.24) is 15.3 Å². The van der Waals surface area contributed by atoms with E-state index in [0.717, 1.165) is 42.4 Å². The van der Waals surface area contributed by atoms with E-state index in [0.29, 0.717) is 5.25 Å². The number of nitrogens with zero attached hydrogens (tertiary/aromatic N) is 2. The first kappa shape index (κ1) is 16.2. The standard InChI is InChI=1S/C15H23N3O2S/c1-5-16-15(13(19)20-4)7-6-12(9-15)21-14-17-10(2)8-11(3)18-14/h8,12,16H,5-7,9H2,1-4H3. The van der Waals surface area contributed by atoms with E-state index < -0.39 is 5.54 Å². The third-order valence-corrected chi connectivity index (χ3v) is 4.92. The van der Waals surface area contributed by atoms with Crippen LogP contribution < -0.4 is 5.32 Å². The molecule has 0 spiro atoms. The summed E-state index contributed by atoms with van der Waals surface area (Å²) in [5.74, 6) is -0.159. The average molecular weight is 309 g/mol. The molecule has 1 fully saturated rings. The molecule has 1 aromatic heterocycles. The van der Waals surface area contributed by atoms with Gasteiger partial charge in [-0.1, -0.05) is 18.7 Å². The van der Waals surface area contributed by atoms with Crippen molar-refractivity contribution >= 4 is 17.7 Å². The summed E-state index contributed by atoms with van der Waals surface area (Å²) in [4.78, 5) is 21.1. The number of hydrogen-bond acceptors (Lipinski definition) is 6. The van der Waals surface area contributed by atoms with Crippen LogP contribution in [0.1, 0.15) is 37.6 Å². The second kappa shape index (κ2) is 6.75. The Morgan fingerprint density at radius 2 is 2.14 bits per heavy atom. The maximum absolute atomic E-state index is 12.1. The normalized spacial score (nSPS) is 25.0. The zero-order chi connectivity index (χ0) is 15.5. The number of ether oxygens (including phenoxy) is 1. The zero-order valence-electron chi connectivity index (χ0n) is 13.1. The number of thioether (sulfide) groups is 1. The van der Waals surface area contributed by atoms with Crippen LogP contribution in [0.15, 0.2) is 11.2 Å². The van der Waals surface area contributed by atoms with E-state index in [1.165, 1.54) is 7.11 Å². The third-order valence-electron chi connectivity index (χ3n) is 3.79. The van der Waals surface area contributed by atoms with E-state index in [4.69, 9.17) is 4.74 Å². The molecular weight excluding hydrogens is 286 g/mol. The van der Waals surface area contributed by atoms with Gasteiger partial charge in [-0.15, -0.1) is 0 Å². The van der Waals surface area contributed by atoms with Gasteiger partial charge in [0.1, 0.15) is 5.54 Å². The van der Waals surface area contributed by atoms with Crippen LogP contribution in [0.5, 0.6) is 0 Å². The van der Waals surface area contributed by atoms with Crippen molar-refractivity contribution in [2.75, 3.05) is 13.7 Å². The molecule has 2 atom stereocenters. The van der Waals surface area contributed by atoms with Gasteiger partial charge in [-0.2, -0.15) is 0 Å². The van der Waals surface area contributed by atoms with Crippen molar-refractivity contribution in [3.05, 3.63) is 17.5 Å². The number of esters is 1. The van der Waals surface area contributed by atoms with Crippen LogP contribution in [-0.2, 0) is 9.53 Å². The van der Waals surface area contributed by atoms with Crippen LogP contribution in [0.2, 0.25) is 0 Å². The van der Waals surface area contributed by atoms with Gasteiger partial charge in [-0.05, 0) is 45.7 Å². The van der Waals surface area contributed by atoms with Crippen molar-refractivity contribution in [3.63, 3.8) is 0 Å². The molecule has 2 rings (SSSR count). The van der Waals surface area contributed by atoms with Crippen LogP contribution in [0.4, 0.5) is 0 Å². The smallest absolute Gasteiger partial charge is 0.326 e. The lowest BCUT2D eigenvalue weighted by molar-refractivity contribution is -0.148. The topological polar surface area (TPSA) is 64.1 Å². The number of rotatable bonds is 5. The first-order chi connectivity index (χ1) is 9.99. The fourth-order valence-electron chi connectivity index (χ4n) is 2.95. The summed E-state index contributed by atoms with van der Waals surface area (Å²) >= 11 is 1.67. The molecule has 5 nitrogen and oxygen atoms in total. The Balaban J connectivity index is 2.08. The average Bonchev–Trinajstić information content (AvgIpc) is 2.81. The van der Waals surface area contributed by atoms with Crippen molar-refractivity contribution in [2.24, 2.45) is 0 Å². The molecule has 1 N–H and O–H groups in total. The third kappa shape index (κ3) is 3.74. The summed E-state index contributed by atoms with van der Waals surface area (Å²) in [6, 6.07) is 1.97. The second-order valence-corrected chi connectivity index (χ2v) is 6.79. The predicted octanol–water partition coefficient (Wildman–Crippen LogP) is 2.26. The monoisotopic (exact) mass is 309 g/mol. The van der Waals surface area contributed by atoms with Gasteiger partial charge in [0.2, 0.25) is 0 Å². The van der Waals surface area contributed by atoms with Crippen LogP contribution >= 0.6 is 11.8 Å². The van der Waals surface area contributed by atoms with Gasteiger partial charge in [0.25, 0.3) is 0 Å². The van der Waals surface area contributed by atoms with Crippen LogP contribution in [0.3, 0.4) is 0 Å². The summed E-state index contributed by atoms with van der Waals surface area (Å²) < 4.78 is 4.98. The van der Waals surface area contributed by atoms with E-state index in [1.807, 2.05) is 26.8 Å². The first-order valence-electron chi connectivity index (χ1n) is 7.31. The van der Waals surface area contributed by atoms with Crippen molar-refractivity contribution in [3.8, 4) is 0 Å². The van der Waals surface area contributed by atoms with Crippen LogP contribution in [0, 0.1) is 13.8 Å². The Kier molecular flexibility index (Phi) is 5.22. The highest BCUT2D eigenvalue weighted by molar-refractivity contribution is 7.99. The number of aromatic nitrogens is 2. The quantitative estimate of drug-likeness (QED) is 0.665. The van der Waals surface area contributed by atoms with Gasteiger partial charge >= 0.3 is 5.97 Å². The van der Waals surface area contributed by atoms with E-state index in [1.54, 1.807) is 11.8 Å². The van der Waals surface area contributed by atoms with Gasteiger partial charge in [0.05, 0.1) is 7.11 Å². The molecule has 1 aromatic rings. The summed E-state index contributed by atoms with van der Waals surface area (Å²) in [5.41, 5.74) is 1.42. The SMILES string of the molecule is CCNC1(C(=O)OC)CCC(Sc2nc(C)cc(C)n2)C1. The van der Waals surface area contributed by atoms with Crippen molar-refractivity contribution < 1.29 is 9.53 Å². The van der Waals surface area contributed by atoms with Crippen LogP contribution in [0.25, 0.3) is 0 Å². The summed E-state index contributed by atoms with van der Waals surface area (Å²) in [5, 5.41) is 4.46. The highest BCUT2D eigenvalue weighted by Gasteiger charge is 2.46. The molecule has 2 unspecified atom stereocenters. The summed E-state index contributed by atoms with van der Waals surface area (Å²) in [7, 11) is 1.45. The molecule has 0 aromatic carbocycles. The Morgan fingerprint density at radius 1 is 1.48 bits per heavy atom. The van der Waals surface area contributed by atoms with Gasteiger partial charge in [-0.3, -0.25) is 4.79 Å². The number of nitrogens with one attached hydrogen (secondary N) is 1. The highest BCUT2D eigenvalue weighted by Crippen LogP contribution is 2.40. The molecule has 1 aliphatic carbocycles. The molecule has 0 aliphatic heterocycles. The van der Waals surface area contributed by atoms with Crippen LogP contribution in [-0.4, -0.2) is 40.4 Å². The van der Waals surface area contributed by atoms with Gasteiger partial charge in [0, 0.05) is 16.6 Å². The summed E-state index contributed by atoms with van der Waals surface area (Å²) in [6.45, 7) is 6.72. The second-order valence-electron chi connectivity index (χ2n) is 5.52. The molecule has 6 heteroatoms. The molecule has 1 heterocycles. The highest BCUT2D eigenvalue weighted by atomic mass is 32.2. The molecule has 1 saturated carbocycles. The molecule has 0 radical (unpaired) electrons. The predicted molar refractivity (Wildman–Crippen MR) is 83.4 cm³/mol. The van der Waals surface area contributed by atoms with Crippen molar-refractivity contribution in [2.45, 2.75) is 56.0 Å². The molecule has 116 valence electrons. The number of aryl methyl sites for hydroxylation is 2. The van der Waals surface area contributed by atoms with Crippen molar-refractivity contribution in [1.29, 1.82) is 0 Å². The fourth-order valence-corrected chi connectivity index (χ4v) is 4.24.